The van der Waals surface area contributed by atoms with Crippen LogP contribution in [0.1, 0.15) is 16.7 Å². The Bertz CT molecular complexity index is 1460. The molecule has 0 radical (unpaired) electrons. The summed E-state index contributed by atoms with van der Waals surface area (Å²) in [6, 6.07) is 4.44. The summed E-state index contributed by atoms with van der Waals surface area (Å²) >= 11 is 6.68. The molecule has 0 saturated heterocycles. The predicted octanol–water partition coefficient (Wildman–Crippen LogP) is 4.63. The maximum Gasteiger partial charge on any atom is 0.418 e. The SMILES string of the molecule is Cc1cc(N)nc(-c2cc3ncnc4c3c(c2Cl)OCCN4Cc2cncc(N)c2)c1C(F)(F)F. The van der Waals surface area contributed by atoms with Crippen LogP contribution in [-0.4, -0.2) is 33.1 Å². The lowest BCUT2D eigenvalue weighted by atomic mass is 9.99. The van der Waals surface area contributed by atoms with Gasteiger partial charge in [-0.15, -0.1) is 0 Å². The van der Waals surface area contributed by atoms with Crippen molar-refractivity contribution in [3.05, 3.63) is 58.6 Å². The van der Waals surface area contributed by atoms with E-state index in [0.717, 1.165) is 5.56 Å². The third-order valence-electron chi connectivity index (χ3n) is 5.67. The highest BCUT2D eigenvalue weighted by atomic mass is 35.5. The number of alkyl halides is 3. The zero-order valence-electron chi connectivity index (χ0n) is 18.4. The van der Waals surface area contributed by atoms with E-state index in [0.29, 0.717) is 35.5 Å². The summed E-state index contributed by atoms with van der Waals surface area (Å²) in [6.45, 7) is 2.40. The van der Waals surface area contributed by atoms with Gasteiger partial charge in [-0.3, -0.25) is 4.98 Å². The molecule has 3 aromatic heterocycles. The van der Waals surface area contributed by atoms with Gasteiger partial charge in [0.1, 0.15) is 24.6 Å². The smallest absolute Gasteiger partial charge is 0.418 e. The van der Waals surface area contributed by atoms with Gasteiger partial charge in [0.2, 0.25) is 0 Å². The monoisotopic (exact) mass is 501 g/mol. The average molecular weight is 502 g/mol. The van der Waals surface area contributed by atoms with Gasteiger partial charge in [-0.2, -0.15) is 13.2 Å². The topological polar surface area (TPSA) is 116 Å². The van der Waals surface area contributed by atoms with Crippen molar-refractivity contribution in [2.45, 2.75) is 19.6 Å². The molecule has 8 nitrogen and oxygen atoms in total. The van der Waals surface area contributed by atoms with Crippen LogP contribution in [0.5, 0.6) is 5.75 Å². The van der Waals surface area contributed by atoms with Gasteiger partial charge in [-0.25, -0.2) is 15.0 Å². The molecule has 180 valence electrons. The largest absolute Gasteiger partial charge is 0.489 e. The van der Waals surface area contributed by atoms with E-state index in [2.05, 4.69) is 19.9 Å². The summed E-state index contributed by atoms with van der Waals surface area (Å²) in [5.41, 5.74) is 12.1. The minimum atomic E-state index is -4.67. The van der Waals surface area contributed by atoms with E-state index in [1.54, 1.807) is 18.5 Å². The first kappa shape index (κ1) is 22.9. The van der Waals surface area contributed by atoms with Gasteiger partial charge in [0.25, 0.3) is 0 Å². The molecular formula is C23H19ClF3N7O. The van der Waals surface area contributed by atoms with Crippen LogP contribution in [0.2, 0.25) is 5.02 Å². The summed E-state index contributed by atoms with van der Waals surface area (Å²) in [7, 11) is 0. The van der Waals surface area contributed by atoms with Crippen molar-refractivity contribution in [1.82, 2.24) is 19.9 Å². The maximum atomic E-state index is 14.0. The molecule has 4 aromatic rings. The number of halogens is 4. The normalized spacial score (nSPS) is 13.6. The molecule has 5 rings (SSSR count). The number of nitrogens with zero attached hydrogens (tertiary/aromatic N) is 5. The number of nitrogens with two attached hydrogens (primary N) is 2. The number of hydrogen-bond donors (Lipinski definition) is 2. The Morgan fingerprint density at radius 3 is 2.69 bits per heavy atom. The Morgan fingerprint density at radius 1 is 1.14 bits per heavy atom. The summed E-state index contributed by atoms with van der Waals surface area (Å²) in [5.74, 6) is 0.669. The van der Waals surface area contributed by atoms with E-state index in [4.69, 9.17) is 27.8 Å². The van der Waals surface area contributed by atoms with Gasteiger partial charge in [0.05, 0.1) is 39.4 Å². The van der Waals surface area contributed by atoms with Gasteiger partial charge in [0, 0.05) is 24.5 Å². The molecule has 0 saturated carbocycles. The average Bonchev–Trinajstić information content (AvgIpc) is 2.95. The van der Waals surface area contributed by atoms with Crippen molar-refractivity contribution in [2.75, 3.05) is 29.5 Å². The number of pyridine rings is 2. The summed E-state index contributed by atoms with van der Waals surface area (Å²) < 4.78 is 47.9. The predicted molar refractivity (Wildman–Crippen MR) is 127 cm³/mol. The van der Waals surface area contributed by atoms with E-state index in [1.165, 1.54) is 25.4 Å². The van der Waals surface area contributed by atoms with Gasteiger partial charge in [0.15, 0.2) is 5.75 Å². The fourth-order valence-corrected chi connectivity index (χ4v) is 4.57. The van der Waals surface area contributed by atoms with Crippen molar-refractivity contribution in [3.63, 3.8) is 0 Å². The molecule has 0 amide bonds. The molecule has 4 heterocycles. The molecular weight excluding hydrogens is 483 g/mol. The van der Waals surface area contributed by atoms with Gasteiger partial charge in [-0.1, -0.05) is 11.6 Å². The number of aromatic nitrogens is 4. The highest BCUT2D eigenvalue weighted by Gasteiger charge is 2.38. The standard InChI is InChI=1S/C23H19ClF3N7O/c1-11-4-16(29)33-20(18(11)23(25,26)27)14-6-15-17-21(19(14)24)35-3-2-34(22(17)32-10-31-15)9-12-5-13(28)8-30-7-12/h4-8,10H,2-3,9,28H2,1H3,(H2,29,33). The van der Waals surface area contributed by atoms with E-state index < -0.39 is 11.7 Å². The number of benzene rings is 1. The third-order valence-corrected chi connectivity index (χ3v) is 6.05. The van der Waals surface area contributed by atoms with E-state index in [9.17, 15) is 13.2 Å². The van der Waals surface area contributed by atoms with Crippen LogP contribution < -0.4 is 21.1 Å². The molecule has 1 aromatic carbocycles. The van der Waals surface area contributed by atoms with Gasteiger partial charge < -0.3 is 21.1 Å². The lowest BCUT2D eigenvalue weighted by molar-refractivity contribution is -0.137. The van der Waals surface area contributed by atoms with Crippen LogP contribution in [0, 0.1) is 6.92 Å². The second kappa shape index (κ2) is 8.42. The molecule has 1 aliphatic heterocycles. The first-order valence-electron chi connectivity index (χ1n) is 10.5. The summed E-state index contributed by atoms with van der Waals surface area (Å²) in [4.78, 5) is 18.8. The Morgan fingerprint density at radius 2 is 1.94 bits per heavy atom. The van der Waals surface area contributed by atoms with Crippen molar-refractivity contribution < 1.29 is 17.9 Å². The quantitative estimate of drug-likeness (QED) is 0.417. The first-order chi connectivity index (χ1) is 16.6. The fraction of sp³-hybridized carbons (Fsp3) is 0.217. The van der Waals surface area contributed by atoms with Crippen LogP contribution in [0.4, 0.5) is 30.5 Å². The van der Waals surface area contributed by atoms with Crippen molar-refractivity contribution in [2.24, 2.45) is 0 Å². The zero-order chi connectivity index (χ0) is 24.9. The molecule has 0 unspecified atom stereocenters. The molecule has 0 bridgehead atoms. The summed E-state index contributed by atoms with van der Waals surface area (Å²) in [6.07, 6.45) is -0.0793. The fourth-order valence-electron chi connectivity index (χ4n) is 4.28. The molecule has 35 heavy (non-hydrogen) atoms. The number of nitrogen functional groups attached to an aromatic ring is 2. The van der Waals surface area contributed by atoms with Crippen molar-refractivity contribution in [3.8, 4) is 17.0 Å². The minimum Gasteiger partial charge on any atom is -0.489 e. The highest BCUT2D eigenvalue weighted by Crippen LogP contribution is 2.48. The van der Waals surface area contributed by atoms with E-state index >= 15 is 0 Å². The van der Waals surface area contributed by atoms with Crippen LogP contribution in [0.15, 0.2) is 36.9 Å². The Balaban J connectivity index is 1.71. The molecule has 4 N–H and O–H groups in total. The second-order valence-electron chi connectivity index (χ2n) is 8.14. The third kappa shape index (κ3) is 4.12. The molecule has 0 spiro atoms. The summed E-state index contributed by atoms with van der Waals surface area (Å²) in [5, 5.41) is 0.466. The zero-order valence-corrected chi connectivity index (χ0v) is 19.2. The minimum absolute atomic E-state index is 0.0232. The second-order valence-corrected chi connectivity index (χ2v) is 8.52. The molecule has 1 aliphatic rings. The van der Waals surface area contributed by atoms with Crippen LogP contribution in [0.3, 0.4) is 0 Å². The van der Waals surface area contributed by atoms with E-state index in [1.807, 2.05) is 4.90 Å². The maximum absolute atomic E-state index is 14.0. The number of ether oxygens (including phenoxy) is 1. The number of hydrogen-bond acceptors (Lipinski definition) is 8. The van der Waals surface area contributed by atoms with Gasteiger partial charge >= 0.3 is 6.18 Å². The van der Waals surface area contributed by atoms with Crippen LogP contribution in [-0.2, 0) is 12.7 Å². The number of rotatable bonds is 3. The molecule has 0 fully saturated rings. The first-order valence-corrected chi connectivity index (χ1v) is 10.9. The highest BCUT2D eigenvalue weighted by molar-refractivity contribution is 6.36. The number of aryl methyl sites for hydroxylation is 1. The molecule has 12 heteroatoms. The Hall–Kier alpha value is -3.86. The lowest BCUT2D eigenvalue weighted by Crippen LogP contribution is -2.27. The lowest BCUT2D eigenvalue weighted by Gasteiger charge is -2.22. The molecule has 0 atom stereocenters. The van der Waals surface area contributed by atoms with E-state index in [-0.39, 0.29) is 40.0 Å². The van der Waals surface area contributed by atoms with Crippen molar-refractivity contribution >= 4 is 39.8 Å². The van der Waals surface area contributed by atoms with Crippen LogP contribution >= 0.6 is 11.6 Å². The van der Waals surface area contributed by atoms with Crippen molar-refractivity contribution in [1.29, 1.82) is 0 Å². The van der Waals surface area contributed by atoms with Crippen LogP contribution in [0.25, 0.3) is 22.2 Å². The number of anilines is 3. The Kier molecular flexibility index (Phi) is 5.51. The van der Waals surface area contributed by atoms with Gasteiger partial charge in [-0.05, 0) is 36.2 Å². The Labute approximate surface area is 202 Å². The molecule has 0 aliphatic carbocycles.